The van der Waals surface area contributed by atoms with E-state index < -0.39 is 0 Å². The molecule has 0 aliphatic rings. The molecule has 0 aliphatic heterocycles. The van der Waals surface area contributed by atoms with Crippen molar-refractivity contribution >= 4 is 0 Å². The molecule has 2 heteroatoms. The lowest BCUT2D eigenvalue weighted by atomic mass is 10.0. The smallest absolute Gasteiger partial charge is 0.119 e. The fourth-order valence-electron chi connectivity index (χ4n) is 1.66. The molecule has 0 saturated carbocycles. The molecule has 0 heterocycles. The van der Waals surface area contributed by atoms with Gasteiger partial charge in [0.15, 0.2) is 0 Å². The van der Waals surface area contributed by atoms with Gasteiger partial charge in [-0.05, 0) is 51.3 Å². The Labute approximate surface area is 112 Å². The second-order valence-corrected chi connectivity index (χ2v) is 6.28. The van der Waals surface area contributed by atoms with Crippen molar-refractivity contribution in [3.63, 3.8) is 0 Å². The van der Waals surface area contributed by atoms with Crippen LogP contribution in [-0.4, -0.2) is 18.2 Å². The van der Waals surface area contributed by atoms with Gasteiger partial charge in [-0.25, -0.2) is 0 Å². The Kier molecular flexibility index (Phi) is 5.21. The molecule has 1 rings (SSSR count). The van der Waals surface area contributed by atoms with Crippen LogP contribution >= 0.6 is 0 Å². The molecule has 18 heavy (non-hydrogen) atoms. The Morgan fingerprint density at radius 3 is 2.06 bits per heavy atom. The molecule has 102 valence electrons. The predicted octanol–water partition coefficient (Wildman–Crippen LogP) is 3.97. The summed E-state index contributed by atoms with van der Waals surface area (Å²) in [6.07, 6.45) is 0.175. The third-order valence-corrected chi connectivity index (χ3v) is 2.80. The minimum atomic E-state index is 0.138. The van der Waals surface area contributed by atoms with Gasteiger partial charge < -0.3 is 10.1 Å². The summed E-state index contributed by atoms with van der Waals surface area (Å²) in [5.74, 6) is 1.52. The van der Waals surface area contributed by atoms with Gasteiger partial charge in [0.25, 0.3) is 0 Å². The maximum atomic E-state index is 5.88. The van der Waals surface area contributed by atoms with Gasteiger partial charge in [0.1, 0.15) is 11.9 Å². The highest BCUT2D eigenvalue weighted by molar-refractivity contribution is 5.29. The topological polar surface area (TPSA) is 21.3 Å². The minimum absolute atomic E-state index is 0.138. The Hall–Kier alpha value is -1.02. The average molecular weight is 249 g/mol. The van der Waals surface area contributed by atoms with Crippen molar-refractivity contribution in [2.45, 2.75) is 59.1 Å². The zero-order chi connectivity index (χ0) is 13.8. The summed E-state index contributed by atoms with van der Waals surface area (Å²) in [4.78, 5) is 0. The Morgan fingerprint density at radius 2 is 1.61 bits per heavy atom. The minimum Gasteiger partial charge on any atom is -0.489 e. The van der Waals surface area contributed by atoms with Crippen molar-refractivity contribution < 1.29 is 4.74 Å². The van der Waals surface area contributed by atoms with E-state index in [4.69, 9.17) is 4.74 Å². The van der Waals surface area contributed by atoms with E-state index in [1.807, 2.05) is 0 Å². The number of ether oxygens (including phenoxy) is 1. The zero-order valence-corrected chi connectivity index (χ0v) is 12.6. The van der Waals surface area contributed by atoms with Crippen LogP contribution in [0.2, 0.25) is 0 Å². The van der Waals surface area contributed by atoms with Gasteiger partial charge in [0, 0.05) is 12.1 Å². The van der Waals surface area contributed by atoms with E-state index in [0.717, 1.165) is 12.3 Å². The maximum Gasteiger partial charge on any atom is 0.119 e. The average Bonchev–Trinajstić information content (AvgIpc) is 2.26. The highest BCUT2D eigenvalue weighted by Gasteiger charge is 2.11. The molecule has 0 aromatic heterocycles. The lowest BCUT2D eigenvalue weighted by molar-refractivity contribution is 0.203. The molecular formula is C16H27NO. The molecule has 1 aromatic rings. The summed E-state index contributed by atoms with van der Waals surface area (Å²) < 4.78 is 5.88. The van der Waals surface area contributed by atoms with E-state index in [9.17, 15) is 0 Å². The Balaban J connectivity index is 2.47. The normalized spacial score (nSPS) is 13.7. The van der Waals surface area contributed by atoms with E-state index in [-0.39, 0.29) is 11.6 Å². The van der Waals surface area contributed by atoms with E-state index in [1.54, 1.807) is 0 Å². The summed E-state index contributed by atoms with van der Waals surface area (Å²) in [7, 11) is 0. The first kappa shape index (κ1) is 15.0. The van der Waals surface area contributed by atoms with Crippen molar-refractivity contribution in [1.82, 2.24) is 5.32 Å². The second kappa shape index (κ2) is 6.24. The number of benzene rings is 1. The van der Waals surface area contributed by atoms with Gasteiger partial charge in [-0.15, -0.1) is 0 Å². The fourth-order valence-corrected chi connectivity index (χ4v) is 1.66. The van der Waals surface area contributed by atoms with Crippen LogP contribution in [0.25, 0.3) is 0 Å². The molecule has 0 fully saturated rings. The number of nitrogens with one attached hydrogen (secondary N) is 1. The summed E-state index contributed by atoms with van der Waals surface area (Å²) >= 11 is 0. The third-order valence-electron chi connectivity index (χ3n) is 2.80. The van der Waals surface area contributed by atoms with Crippen molar-refractivity contribution in [2.75, 3.05) is 6.54 Å². The summed E-state index contributed by atoms with van der Waals surface area (Å²) in [6.45, 7) is 13.8. The lowest BCUT2D eigenvalue weighted by Crippen LogP contribution is -2.41. The molecule has 0 radical (unpaired) electrons. The van der Waals surface area contributed by atoms with Crippen LogP contribution < -0.4 is 10.1 Å². The molecule has 0 aliphatic carbocycles. The highest BCUT2D eigenvalue weighted by atomic mass is 16.5. The molecule has 1 N–H and O–H groups in total. The third kappa shape index (κ3) is 5.54. The largest absolute Gasteiger partial charge is 0.489 e. The molecule has 2 nitrogen and oxygen atoms in total. The molecule has 1 aromatic carbocycles. The van der Waals surface area contributed by atoms with Crippen molar-refractivity contribution in [1.29, 1.82) is 0 Å². The van der Waals surface area contributed by atoms with Gasteiger partial charge in [-0.2, -0.15) is 0 Å². The van der Waals surface area contributed by atoms with Crippen LogP contribution in [0, 0.1) is 0 Å². The molecule has 0 spiro atoms. The van der Waals surface area contributed by atoms with Gasteiger partial charge in [0.05, 0.1) is 0 Å². The molecule has 1 unspecified atom stereocenters. The molecule has 0 saturated heterocycles. The van der Waals surface area contributed by atoms with Crippen LogP contribution in [0.4, 0.5) is 0 Å². The highest BCUT2D eigenvalue weighted by Crippen LogP contribution is 2.19. The first-order chi connectivity index (χ1) is 8.28. The fraction of sp³-hybridized carbons (Fsp3) is 0.625. The second-order valence-electron chi connectivity index (χ2n) is 6.28. The SMILES string of the molecule is CC(CNC(C)(C)C)Oc1ccc(C(C)C)cc1. The lowest BCUT2D eigenvalue weighted by Gasteiger charge is -2.24. The Bertz CT molecular complexity index is 348. The van der Waals surface area contributed by atoms with Crippen molar-refractivity contribution in [3.05, 3.63) is 29.8 Å². The standard InChI is InChI=1S/C16H27NO/c1-12(2)14-7-9-15(10-8-14)18-13(3)11-17-16(4,5)6/h7-10,12-13,17H,11H2,1-6H3. The molecule has 1 atom stereocenters. The number of rotatable bonds is 5. The summed E-state index contributed by atoms with van der Waals surface area (Å²) in [5.41, 5.74) is 1.49. The quantitative estimate of drug-likeness (QED) is 0.852. The summed E-state index contributed by atoms with van der Waals surface area (Å²) in [5, 5.41) is 3.45. The van der Waals surface area contributed by atoms with E-state index >= 15 is 0 Å². The van der Waals surface area contributed by atoms with Gasteiger partial charge in [-0.1, -0.05) is 26.0 Å². The molecule has 0 bridgehead atoms. The van der Waals surface area contributed by atoms with Crippen LogP contribution in [0.3, 0.4) is 0 Å². The molecule has 0 amide bonds. The van der Waals surface area contributed by atoms with Crippen molar-refractivity contribution in [3.8, 4) is 5.75 Å². The number of hydrogen-bond acceptors (Lipinski definition) is 2. The Morgan fingerprint density at radius 1 is 1.06 bits per heavy atom. The van der Waals surface area contributed by atoms with Gasteiger partial charge >= 0.3 is 0 Å². The van der Waals surface area contributed by atoms with E-state index in [0.29, 0.717) is 5.92 Å². The van der Waals surface area contributed by atoms with Crippen LogP contribution in [-0.2, 0) is 0 Å². The van der Waals surface area contributed by atoms with Gasteiger partial charge in [0.2, 0.25) is 0 Å². The van der Waals surface area contributed by atoms with Crippen LogP contribution in [0.5, 0.6) is 5.75 Å². The monoisotopic (exact) mass is 249 g/mol. The van der Waals surface area contributed by atoms with Crippen LogP contribution in [0.15, 0.2) is 24.3 Å². The van der Waals surface area contributed by atoms with Crippen LogP contribution in [0.1, 0.15) is 53.0 Å². The molecular weight excluding hydrogens is 222 g/mol. The van der Waals surface area contributed by atoms with Gasteiger partial charge in [-0.3, -0.25) is 0 Å². The predicted molar refractivity (Wildman–Crippen MR) is 78.4 cm³/mol. The maximum absolute atomic E-state index is 5.88. The van der Waals surface area contributed by atoms with Crippen molar-refractivity contribution in [2.24, 2.45) is 0 Å². The first-order valence-corrected chi connectivity index (χ1v) is 6.79. The summed E-state index contributed by atoms with van der Waals surface area (Å²) in [6, 6.07) is 8.40. The number of hydrogen-bond donors (Lipinski definition) is 1. The first-order valence-electron chi connectivity index (χ1n) is 6.79. The van der Waals surface area contributed by atoms with E-state index in [2.05, 4.69) is 71.1 Å². The zero-order valence-electron chi connectivity index (χ0n) is 12.6. The van der Waals surface area contributed by atoms with E-state index in [1.165, 1.54) is 5.56 Å².